The summed E-state index contributed by atoms with van der Waals surface area (Å²) >= 11 is 0. The second kappa shape index (κ2) is 2.63. The van der Waals surface area contributed by atoms with Crippen LogP contribution < -0.4 is 5.73 Å². The number of nitrogens with zero attached hydrogens (tertiary/aromatic N) is 1. The SMILES string of the molecule is Nc1cc2c(cn1)[nH]c1ccc(O)cc12. The lowest BCUT2D eigenvalue weighted by Crippen LogP contribution is -1.87. The van der Waals surface area contributed by atoms with Crippen molar-refractivity contribution < 1.29 is 5.11 Å². The molecule has 0 bridgehead atoms. The molecule has 15 heavy (non-hydrogen) atoms. The van der Waals surface area contributed by atoms with Crippen molar-refractivity contribution in [2.45, 2.75) is 0 Å². The van der Waals surface area contributed by atoms with E-state index in [1.165, 1.54) is 0 Å². The average Bonchev–Trinajstić information content (AvgIpc) is 2.56. The van der Waals surface area contributed by atoms with Gasteiger partial charge in [0.1, 0.15) is 11.6 Å². The van der Waals surface area contributed by atoms with Gasteiger partial charge in [-0.1, -0.05) is 0 Å². The lowest BCUT2D eigenvalue weighted by molar-refractivity contribution is 0.476. The van der Waals surface area contributed by atoms with Crippen molar-refractivity contribution in [3.63, 3.8) is 0 Å². The first kappa shape index (κ1) is 8.11. The summed E-state index contributed by atoms with van der Waals surface area (Å²) in [4.78, 5) is 7.21. The van der Waals surface area contributed by atoms with Crippen LogP contribution in [0, 0.1) is 0 Å². The summed E-state index contributed by atoms with van der Waals surface area (Å²) in [7, 11) is 0. The summed E-state index contributed by atoms with van der Waals surface area (Å²) in [5.74, 6) is 0.727. The molecule has 3 aromatic rings. The van der Waals surface area contributed by atoms with Gasteiger partial charge in [-0.25, -0.2) is 4.98 Å². The Kier molecular flexibility index (Phi) is 1.42. The number of phenols is 1. The number of rotatable bonds is 0. The molecule has 4 nitrogen and oxygen atoms in total. The standard InChI is InChI=1S/C11H9N3O/c12-11-4-8-7-3-6(15)1-2-9(7)14-10(8)5-13-11/h1-5,14-15H,(H2,12,13). The lowest BCUT2D eigenvalue weighted by atomic mass is 10.2. The van der Waals surface area contributed by atoms with Crippen molar-refractivity contribution in [1.82, 2.24) is 9.97 Å². The third-order valence-corrected chi connectivity index (χ3v) is 2.49. The molecule has 0 unspecified atom stereocenters. The second-order valence-electron chi connectivity index (χ2n) is 3.51. The van der Waals surface area contributed by atoms with Crippen LogP contribution in [-0.2, 0) is 0 Å². The highest BCUT2D eigenvalue weighted by atomic mass is 16.3. The van der Waals surface area contributed by atoms with Crippen LogP contribution in [0.25, 0.3) is 21.8 Å². The van der Waals surface area contributed by atoms with Crippen molar-refractivity contribution in [2.24, 2.45) is 0 Å². The number of hydrogen-bond donors (Lipinski definition) is 3. The van der Waals surface area contributed by atoms with Gasteiger partial charge in [0, 0.05) is 16.3 Å². The number of anilines is 1. The van der Waals surface area contributed by atoms with E-state index in [-0.39, 0.29) is 5.75 Å². The van der Waals surface area contributed by atoms with Crippen LogP contribution in [-0.4, -0.2) is 15.1 Å². The number of fused-ring (bicyclic) bond motifs is 3. The number of pyridine rings is 1. The molecule has 0 aliphatic rings. The van der Waals surface area contributed by atoms with E-state index in [0.29, 0.717) is 5.82 Å². The lowest BCUT2D eigenvalue weighted by Gasteiger charge is -1.93. The number of aromatic amines is 1. The fourth-order valence-electron chi connectivity index (χ4n) is 1.80. The molecular weight excluding hydrogens is 190 g/mol. The maximum absolute atomic E-state index is 9.42. The monoisotopic (exact) mass is 199 g/mol. The van der Waals surface area contributed by atoms with E-state index < -0.39 is 0 Å². The number of benzene rings is 1. The van der Waals surface area contributed by atoms with Gasteiger partial charge in [0.05, 0.1) is 11.7 Å². The van der Waals surface area contributed by atoms with E-state index in [2.05, 4.69) is 9.97 Å². The Morgan fingerprint density at radius 1 is 1.13 bits per heavy atom. The molecule has 0 saturated heterocycles. The maximum atomic E-state index is 9.42. The Morgan fingerprint density at radius 2 is 1.93 bits per heavy atom. The van der Waals surface area contributed by atoms with E-state index in [1.807, 2.05) is 6.07 Å². The molecule has 0 radical (unpaired) electrons. The zero-order chi connectivity index (χ0) is 10.4. The third-order valence-electron chi connectivity index (χ3n) is 2.49. The van der Waals surface area contributed by atoms with Gasteiger partial charge in [-0.05, 0) is 24.3 Å². The van der Waals surface area contributed by atoms with Crippen LogP contribution in [0.2, 0.25) is 0 Å². The minimum absolute atomic E-state index is 0.249. The van der Waals surface area contributed by atoms with E-state index in [4.69, 9.17) is 5.73 Å². The molecule has 0 fully saturated rings. The number of H-pyrrole nitrogens is 1. The Balaban J connectivity index is 2.55. The van der Waals surface area contributed by atoms with Crippen molar-refractivity contribution >= 4 is 27.6 Å². The molecule has 0 spiro atoms. The number of nitrogens with two attached hydrogens (primary N) is 1. The molecule has 4 N–H and O–H groups in total. The Hall–Kier alpha value is -2.23. The molecule has 0 atom stereocenters. The predicted molar refractivity (Wildman–Crippen MR) is 59.7 cm³/mol. The van der Waals surface area contributed by atoms with E-state index in [0.717, 1.165) is 21.8 Å². The number of nitrogens with one attached hydrogen (secondary N) is 1. The quantitative estimate of drug-likeness (QED) is 0.518. The Labute approximate surface area is 85.4 Å². The minimum Gasteiger partial charge on any atom is -0.508 e. The number of nitrogen functional groups attached to an aromatic ring is 1. The zero-order valence-corrected chi connectivity index (χ0v) is 7.86. The van der Waals surface area contributed by atoms with Crippen molar-refractivity contribution in [3.05, 3.63) is 30.5 Å². The summed E-state index contributed by atoms with van der Waals surface area (Å²) < 4.78 is 0. The van der Waals surface area contributed by atoms with Gasteiger partial charge in [-0.2, -0.15) is 0 Å². The van der Waals surface area contributed by atoms with E-state index >= 15 is 0 Å². The average molecular weight is 199 g/mol. The molecule has 0 aliphatic carbocycles. The van der Waals surface area contributed by atoms with Crippen molar-refractivity contribution in [2.75, 3.05) is 5.73 Å². The molecule has 2 heterocycles. The van der Waals surface area contributed by atoms with Gasteiger partial charge in [0.2, 0.25) is 0 Å². The van der Waals surface area contributed by atoms with Crippen molar-refractivity contribution in [1.29, 1.82) is 0 Å². The van der Waals surface area contributed by atoms with Crippen LogP contribution in [0.1, 0.15) is 0 Å². The molecule has 0 saturated carbocycles. The normalized spacial score (nSPS) is 11.2. The van der Waals surface area contributed by atoms with Gasteiger partial charge in [-0.3, -0.25) is 0 Å². The van der Waals surface area contributed by atoms with Gasteiger partial charge in [-0.15, -0.1) is 0 Å². The van der Waals surface area contributed by atoms with Crippen LogP contribution in [0.3, 0.4) is 0 Å². The van der Waals surface area contributed by atoms with Gasteiger partial charge in [0.15, 0.2) is 0 Å². The van der Waals surface area contributed by atoms with Gasteiger partial charge >= 0.3 is 0 Å². The fraction of sp³-hybridized carbons (Fsp3) is 0. The molecule has 2 aromatic heterocycles. The first-order chi connectivity index (χ1) is 7.24. The highest BCUT2D eigenvalue weighted by Gasteiger charge is 2.05. The Bertz CT molecular complexity index is 601. The second-order valence-corrected chi connectivity index (χ2v) is 3.51. The predicted octanol–water partition coefficient (Wildman–Crippen LogP) is 2.00. The Morgan fingerprint density at radius 3 is 2.80 bits per heavy atom. The number of aromatic hydroxyl groups is 1. The number of aromatic nitrogens is 2. The smallest absolute Gasteiger partial charge is 0.124 e. The first-order valence-electron chi connectivity index (χ1n) is 4.60. The van der Waals surface area contributed by atoms with Crippen LogP contribution in [0.5, 0.6) is 5.75 Å². The molecule has 4 heteroatoms. The van der Waals surface area contributed by atoms with Gasteiger partial charge < -0.3 is 15.8 Å². The maximum Gasteiger partial charge on any atom is 0.124 e. The largest absolute Gasteiger partial charge is 0.508 e. The van der Waals surface area contributed by atoms with Gasteiger partial charge in [0.25, 0.3) is 0 Å². The van der Waals surface area contributed by atoms with Crippen LogP contribution in [0.15, 0.2) is 30.5 Å². The summed E-state index contributed by atoms with van der Waals surface area (Å²) in [5, 5.41) is 11.4. The summed E-state index contributed by atoms with van der Waals surface area (Å²) in [6.45, 7) is 0. The summed E-state index contributed by atoms with van der Waals surface area (Å²) in [6, 6.07) is 7.00. The molecule has 3 rings (SSSR count). The highest BCUT2D eigenvalue weighted by molar-refractivity contribution is 6.08. The fourth-order valence-corrected chi connectivity index (χ4v) is 1.80. The van der Waals surface area contributed by atoms with E-state index in [1.54, 1.807) is 24.4 Å². The first-order valence-corrected chi connectivity index (χ1v) is 4.60. The zero-order valence-electron chi connectivity index (χ0n) is 7.86. The van der Waals surface area contributed by atoms with Crippen LogP contribution >= 0.6 is 0 Å². The molecule has 74 valence electrons. The third kappa shape index (κ3) is 1.11. The molecular formula is C11H9N3O. The molecule has 0 aliphatic heterocycles. The molecule has 0 amide bonds. The van der Waals surface area contributed by atoms with Crippen LogP contribution in [0.4, 0.5) is 5.82 Å². The molecule has 1 aromatic carbocycles. The number of hydrogen-bond acceptors (Lipinski definition) is 3. The van der Waals surface area contributed by atoms with E-state index in [9.17, 15) is 5.11 Å². The summed E-state index contributed by atoms with van der Waals surface area (Å²) in [6.07, 6.45) is 1.70. The number of phenolic OH excluding ortho intramolecular Hbond substituents is 1. The minimum atomic E-state index is 0.249. The topological polar surface area (TPSA) is 74.9 Å². The summed E-state index contributed by atoms with van der Waals surface area (Å²) in [5.41, 5.74) is 7.51. The van der Waals surface area contributed by atoms with Crippen molar-refractivity contribution in [3.8, 4) is 5.75 Å². The highest BCUT2D eigenvalue weighted by Crippen LogP contribution is 2.28.